The summed E-state index contributed by atoms with van der Waals surface area (Å²) in [5.74, 6) is -0.120. The fraction of sp³-hybridized carbons (Fsp3) is 0.364. The lowest BCUT2D eigenvalue weighted by molar-refractivity contribution is -0.116. The number of carbonyl (C=O) groups is 1. The van der Waals surface area contributed by atoms with Crippen LogP contribution in [0, 0.1) is 0 Å². The third-order valence-electron chi connectivity index (χ3n) is 4.48. The molecule has 0 aliphatic heterocycles. The SMILES string of the molecule is COCCNCCC(=O)Nc1nc(-c2ccccc2)c(-c2ccc(=O)n(C(C)C)n2)s1. The number of benzene rings is 1. The van der Waals surface area contributed by atoms with Gasteiger partial charge in [0.15, 0.2) is 5.13 Å². The van der Waals surface area contributed by atoms with Crippen molar-refractivity contribution in [3.8, 4) is 21.8 Å². The number of amides is 1. The number of aromatic nitrogens is 3. The molecular weight excluding hydrogens is 414 g/mol. The van der Waals surface area contributed by atoms with Crippen molar-refractivity contribution in [3.05, 3.63) is 52.8 Å². The molecule has 2 N–H and O–H groups in total. The Kier molecular flexibility index (Phi) is 8.05. The smallest absolute Gasteiger partial charge is 0.267 e. The summed E-state index contributed by atoms with van der Waals surface area (Å²) in [6.07, 6.45) is 0.329. The predicted molar refractivity (Wildman–Crippen MR) is 123 cm³/mol. The zero-order chi connectivity index (χ0) is 22.2. The molecule has 0 saturated carbocycles. The molecule has 0 saturated heterocycles. The number of nitrogens with one attached hydrogen (secondary N) is 2. The molecule has 0 spiro atoms. The lowest BCUT2D eigenvalue weighted by Gasteiger charge is -2.09. The van der Waals surface area contributed by atoms with E-state index in [-0.39, 0.29) is 17.5 Å². The van der Waals surface area contributed by atoms with E-state index >= 15 is 0 Å². The van der Waals surface area contributed by atoms with Crippen molar-refractivity contribution in [1.29, 1.82) is 0 Å². The van der Waals surface area contributed by atoms with E-state index < -0.39 is 0 Å². The standard InChI is InChI=1S/C22H27N5O3S/c1-15(2)27-19(29)10-9-17(26-27)21-20(16-7-5-4-6-8-16)25-22(31-21)24-18(28)11-12-23-13-14-30-3/h4-10,15,23H,11-14H2,1-3H3,(H,24,25,28). The molecule has 1 aromatic carbocycles. The Morgan fingerprint density at radius 3 is 2.65 bits per heavy atom. The molecule has 31 heavy (non-hydrogen) atoms. The van der Waals surface area contributed by atoms with Crippen molar-refractivity contribution in [2.24, 2.45) is 0 Å². The van der Waals surface area contributed by atoms with Crippen LogP contribution in [-0.4, -0.2) is 47.5 Å². The fourth-order valence-electron chi connectivity index (χ4n) is 2.94. The topological polar surface area (TPSA) is 98.1 Å². The van der Waals surface area contributed by atoms with Gasteiger partial charge in [-0.05, 0) is 19.9 Å². The molecule has 0 aliphatic rings. The van der Waals surface area contributed by atoms with E-state index in [9.17, 15) is 9.59 Å². The maximum Gasteiger partial charge on any atom is 0.267 e. The zero-order valence-electron chi connectivity index (χ0n) is 17.9. The van der Waals surface area contributed by atoms with Gasteiger partial charge in [-0.1, -0.05) is 41.7 Å². The number of nitrogens with zero attached hydrogens (tertiary/aromatic N) is 3. The fourth-order valence-corrected chi connectivity index (χ4v) is 3.91. The van der Waals surface area contributed by atoms with Crippen molar-refractivity contribution >= 4 is 22.4 Å². The molecule has 2 heterocycles. The number of hydrogen-bond acceptors (Lipinski definition) is 7. The molecule has 0 aliphatic carbocycles. The molecule has 3 rings (SSSR count). The molecule has 9 heteroatoms. The molecule has 0 unspecified atom stereocenters. The number of hydrogen-bond donors (Lipinski definition) is 2. The molecule has 164 valence electrons. The van der Waals surface area contributed by atoms with Crippen molar-refractivity contribution in [1.82, 2.24) is 20.1 Å². The summed E-state index contributed by atoms with van der Waals surface area (Å²) in [4.78, 5) is 30.0. The Hall–Kier alpha value is -2.88. The number of methoxy groups -OCH3 is 1. The van der Waals surface area contributed by atoms with Crippen molar-refractivity contribution < 1.29 is 9.53 Å². The van der Waals surface area contributed by atoms with E-state index in [1.54, 1.807) is 13.2 Å². The Labute approximate surface area is 185 Å². The second kappa shape index (κ2) is 10.9. The van der Waals surface area contributed by atoms with Crippen LogP contribution in [0.1, 0.15) is 26.3 Å². The van der Waals surface area contributed by atoms with Crippen LogP contribution in [0.3, 0.4) is 0 Å². The van der Waals surface area contributed by atoms with Gasteiger partial charge in [-0.3, -0.25) is 9.59 Å². The molecule has 0 radical (unpaired) electrons. The second-order valence-corrected chi connectivity index (χ2v) is 8.20. The zero-order valence-corrected chi connectivity index (χ0v) is 18.7. The molecule has 1 amide bonds. The van der Waals surface area contributed by atoms with Crippen molar-refractivity contribution in [3.63, 3.8) is 0 Å². The van der Waals surface area contributed by atoms with Crippen LogP contribution < -0.4 is 16.2 Å². The first kappa shape index (κ1) is 22.8. The van der Waals surface area contributed by atoms with Crippen molar-refractivity contribution in [2.45, 2.75) is 26.3 Å². The summed E-state index contributed by atoms with van der Waals surface area (Å²) in [6.45, 7) is 5.68. The maximum absolute atomic E-state index is 12.4. The van der Waals surface area contributed by atoms with Gasteiger partial charge >= 0.3 is 0 Å². The summed E-state index contributed by atoms with van der Waals surface area (Å²) in [5, 5.41) is 11.1. The normalized spacial score (nSPS) is 11.1. The highest BCUT2D eigenvalue weighted by molar-refractivity contribution is 7.19. The van der Waals surface area contributed by atoms with Gasteiger partial charge in [-0.25, -0.2) is 9.67 Å². The Morgan fingerprint density at radius 2 is 1.94 bits per heavy atom. The van der Waals surface area contributed by atoms with Crippen LogP contribution in [0.5, 0.6) is 0 Å². The summed E-state index contributed by atoms with van der Waals surface area (Å²) in [7, 11) is 1.64. The number of anilines is 1. The lowest BCUT2D eigenvalue weighted by Crippen LogP contribution is -2.24. The van der Waals surface area contributed by atoms with Crippen LogP contribution in [-0.2, 0) is 9.53 Å². The van der Waals surface area contributed by atoms with E-state index in [4.69, 9.17) is 4.74 Å². The van der Waals surface area contributed by atoms with Crippen LogP contribution in [0.25, 0.3) is 21.8 Å². The molecule has 0 bridgehead atoms. The quantitative estimate of drug-likeness (QED) is 0.469. The lowest BCUT2D eigenvalue weighted by atomic mass is 10.1. The Balaban J connectivity index is 1.87. The summed E-state index contributed by atoms with van der Waals surface area (Å²) >= 11 is 1.35. The third-order valence-corrected chi connectivity index (χ3v) is 5.47. The highest BCUT2D eigenvalue weighted by atomic mass is 32.1. The van der Waals surface area contributed by atoms with Crippen LogP contribution in [0.15, 0.2) is 47.3 Å². The molecule has 2 aromatic heterocycles. The van der Waals surface area contributed by atoms with Gasteiger partial charge in [0.2, 0.25) is 5.91 Å². The minimum absolute atomic E-state index is 0.0645. The van der Waals surface area contributed by atoms with Crippen LogP contribution in [0.4, 0.5) is 5.13 Å². The highest BCUT2D eigenvalue weighted by Gasteiger charge is 2.18. The molecule has 0 fully saturated rings. The number of carbonyl (C=O) groups excluding carboxylic acids is 1. The average molecular weight is 442 g/mol. The monoisotopic (exact) mass is 441 g/mol. The molecule has 8 nitrogen and oxygen atoms in total. The van der Waals surface area contributed by atoms with Gasteiger partial charge in [0.05, 0.1) is 23.2 Å². The first-order valence-electron chi connectivity index (χ1n) is 10.2. The molecule has 3 aromatic rings. The van der Waals surface area contributed by atoms with Crippen LogP contribution in [0.2, 0.25) is 0 Å². The predicted octanol–water partition coefficient (Wildman–Crippen LogP) is 3.18. The van der Waals surface area contributed by atoms with E-state index in [0.717, 1.165) is 16.1 Å². The van der Waals surface area contributed by atoms with Gasteiger partial charge < -0.3 is 15.4 Å². The summed E-state index contributed by atoms with van der Waals surface area (Å²) < 4.78 is 6.43. The maximum atomic E-state index is 12.4. The van der Waals surface area contributed by atoms with Gasteiger partial charge in [-0.15, -0.1) is 0 Å². The summed E-state index contributed by atoms with van der Waals surface area (Å²) in [5.41, 5.74) is 2.13. The third kappa shape index (κ3) is 6.06. The van der Waals surface area contributed by atoms with E-state index in [0.29, 0.717) is 36.9 Å². The van der Waals surface area contributed by atoms with Gasteiger partial charge in [-0.2, -0.15) is 5.10 Å². The van der Waals surface area contributed by atoms with Crippen molar-refractivity contribution in [2.75, 3.05) is 32.1 Å². The van der Waals surface area contributed by atoms with E-state index in [1.165, 1.54) is 22.1 Å². The Bertz CT molecular complexity index is 1060. The largest absolute Gasteiger partial charge is 0.383 e. The summed E-state index contributed by atoms with van der Waals surface area (Å²) in [6, 6.07) is 12.9. The van der Waals surface area contributed by atoms with E-state index in [1.807, 2.05) is 44.2 Å². The molecule has 0 atom stereocenters. The van der Waals surface area contributed by atoms with E-state index in [2.05, 4.69) is 20.7 Å². The van der Waals surface area contributed by atoms with Crippen LogP contribution >= 0.6 is 11.3 Å². The van der Waals surface area contributed by atoms with Gasteiger partial charge in [0.1, 0.15) is 5.69 Å². The van der Waals surface area contributed by atoms with Gasteiger partial charge in [0, 0.05) is 38.2 Å². The molecular formula is C22H27N5O3S. The highest BCUT2D eigenvalue weighted by Crippen LogP contribution is 2.38. The van der Waals surface area contributed by atoms with Gasteiger partial charge in [0.25, 0.3) is 5.56 Å². The minimum Gasteiger partial charge on any atom is -0.383 e. The minimum atomic E-state index is -0.154. The number of rotatable bonds is 10. The first-order chi connectivity index (χ1) is 15.0. The first-order valence-corrected chi connectivity index (χ1v) is 11.0. The number of thiazole rings is 1. The number of ether oxygens (including phenoxy) is 1. The Morgan fingerprint density at radius 1 is 1.16 bits per heavy atom. The second-order valence-electron chi connectivity index (χ2n) is 7.20. The average Bonchev–Trinajstić information content (AvgIpc) is 3.18.